The van der Waals surface area contributed by atoms with E-state index in [0.29, 0.717) is 0 Å². The zero-order valence-electron chi connectivity index (χ0n) is 36.1. The molecule has 0 unspecified atom stereocenters. The van der Waals surface area contributed by atoms with Gasteiger partial charge in [0, 0.05) is 44.3 Å². The van der Waals surface area contributed by atoms with Gasteiger partial charge < -0.3 is 9.80 Å². The zero-order chi connectivity index (χ0) is 43.6. The summed E-state index contributed by atoms with van der Waals surface area (Å²) in [6.45, 7) is 0. The molecule has 13 aromatic carbocycles. The Bertz CT molecular complexity index is 3880. The SMILES string of the molecule is c1ccc2cc(-c3ccc4c(N(c5ccc6ccccc6c5)c5ccc6ccccc6c5)c5ccccc5c(N(c5ccc6ccccc6c5)c5ccc6ccccc6c5)c4c3)ccc2c1. The smallest absolute Gasteiger partial charge is 0.0620 e. The van der Waals surface area contributed by atoms with E-state index in [-0.39, 0.29) is 0 Å². The van der Waals surface area contributed by atoms with Crippen LogP contribution in [0, 0.1) is 0 Å². The fourth-order valence-corrected chi connectivity index (χ4v) is 10.2. The predicted octanol–water partition coefficient (Wildman–Crippen LogP) is 18.4. The van der Waals surface area contributed by atoms with Crippen LogP contribution in [0.2, 0.25) is 0 Å². The highest BCUT2D eigenvalue weighted by Crippen LogP contribution is 2.52. The maximum absolute atomic E-state index is 2.51. The summed E-state index contributed by atoms with van der Waals surface area (Å²) in [6.07, 6.45) is 0. The number of nitrogens with zero attached hydrogens (tertiary/aromatic N) is 2. The number of hydrogen-bond acceptors (Lipinski definition) is 2. The van der Waals surface area contributed by atoms with Crippen LogP contribution in [0.3, 0.4) is 0 Å². The summed E-state index contributed by atoms with van der Waals surface area (Å²) in [7, 11) is 0. The van der Waals surface area contributed by atoms with Gasteiger partial charge >= 0.3 is 0 Å². The van der Waals surface area contributed by atoms with Crippen molar-refractivity contribution in [3.05, 3.63) is 255 Å². The van der Waals surface area contributed by atoms with E-state index in [4.69, 9.17) is 0 Å². The first-order valence-corrected chi connectivity index (χ1v) is 22.7. The van der Waals surface area contributed by atoms with Gasteiger partial charge in [0.25, 0.3) is 0 Å². The van der Waals surface area contributed by atoms with Crippen LogP contribution in [0.4, 0.5) is 34.1 Å². The van der Waals surface area contributed by atoms with E-state index in [1.165, 1.54) is 59.4 Å². The molecule has 0 atom stereocenters. The molecule has 0 aliphatic carbocycles. The first-order chi connectivity index (χ1) is 32.7. The average Bonchev–Trinajstić information content (AvgIpc) is 3.39. The van der Waals surface area contributed by atoms with Crippen molar-refractivity contribution in [1.29, 1.82) is 0 Å². The molecule has 2 nitrogen and oxygen atoms in total. The van der Waals surface area contributed by atoms with E-state index >= 15 is 0 Å². The fraction of sp³-hybridized carbons (Fsp3) is 0. The fourth-order valence-electron chi connectivity index (χ4n) is 10.2. The third-order valence-corrected chi connectivity index (χ3v) is 13.5. The van der Waals surface area contributed by atoms with Gasteiger partial charge in [0.15, 0.2) is 0 Å². The van der Waals surface area contributed by atoms with Gasteiger partial charge in [0.1, 0.15) is 0 Å². The number of hydrogen-bond donors (Lipinski definition) is 0. The van der Waals surface area contributed by atoms with Crippen molar-refractivity contribution < 1.29 is 0 Å². The summed E-state index contributed by atoms with van der Waals surface area (Å²) >= 11 is 0. The molecule has 13 rings (SSSR count). The van der Waals surface area contributed by atoms with Crippen molar-refractivity contribution in [2.75, 3.05) is 9.80 Å². The summed E-state index contributed by atoms with van der Waals surface area (Å²) in [4.78, 5) is 5.01. The molecule has 0 aromatic heterocycles. The third-order valence-electron chi connectivity index (χ3n) is 13.5. The van der Waals surface area contributed by atoms with E-state index in [1.54, 1.807) is 0 Å². The van der Waals surface area contributed by atoms with Crippen molar-refractivity contribution in [2.45, 2.75) is 0 Å². The standard InChI is InChI=1S/C64H42N2/c1-6-18-48-37-53(26-25-43(48)13-1)54-31-36-61-62(42-54)64(66(57-34-29-46-16-4-9-21-51(46)40-57)58-35-30-47-17-5-10-22-52(47)41-58)60-24-12-11-23-59(60)63(61)65(55-32-27-44-14-2-7-19-49(44)38-55)56-33-28-45-15-3-8-20-50(45)39-56/h1-42H. The monoisotopic (exact) mass is 838 g/mol. The lowest BCUT2D eigenvalue weighted by Gasteiger charge is -2.33. The molecule has 0 aliphatic heterocycles. The molecule has 0 N–H and O–H groups in total. The Hall–Kier alpha value is -8.72. The van der Waals surface area contributed by atoms with Gasteiger partial charge in [-0.3, -0.25) is 0 Å². The molecular weight excluding hydrogens is 797 g/mol. The maximum atomic E-state index is 2.51. The molecule has 0 amide bonds. The van der Waals surface area contributed by atoms with Crippen LogP contribution in [0.15, 0.2) is 255 Å². The molecule has 2 heteroatoms. The number of rotatable bonds is 7. The van der Waals surface area contributed by atoms with Crippen LogP contribution >= 0.6 is 0 Å². The molecule has 66 heavy (non-hydrogen) atoms. The summed E-state index contributed by atoms with van der Waals surface area (Å²) < 4.78 is 0. The highest BCUT2D eigenvalue weighted by Gasteiger charge is 2.26. The molecular formula is C64H42N2. The number of anilines is 6. The molecule has 0 saturated heterocycles. The molecule has 0 bridgehead atoms. The van der Waals surface area contributed by atoms with E-state index in [2.05, 4.69) is 265 Å². The Morgan fingerprint density at radius 2 is 0.455 bits per heavy atom. The molecule has 0 heterocycles. The Morgan fingerprint density at radius 3 is 0.848 bits per heavy atom. The average molecular weight is 839 g/mol. The summed E-state index contributed by atoms with van der Waals surface area (Å²) in [5.41, 5.74) is 9.01. The van der Waals surface area contributed by atoms with E-state index in [0.717, 1.165) is 61.2 Å². The van der Waals surface area contributed by atoms with E-state index in [1.807, 2.05) is 0 Å². The molecule has 0 fully saturated rings. The van der Waals surface area contributed by atoms with Crippen LogP contribution < -0.4 is 9.80 Å². The minimum atomic E-state index is 1.10. The molecule has 13 aromatic rings. The minimum Gasteiger partial charge on any atom is -0.309 e. The molecule has 0 spiro atoms. The van der Waals surface area contributed by atoms with Crippen molar-refractivity contribution in [3.8, 4) is 11.1 Å². The first-order valence-electron chi connectivity index (χ1n) is 22.7. The van der Waals surface area contributed by atoms with Gasteiger partial charge in [-0.1, -0.05) is 194 Å². The number of fused-ring (bicyclic) bond motifs is 7. The Balaban J connectivity index is 1.17. The van der Waals surface area contributed by atoms with Gasteiger partial charge in [-0.05, 0) is 126 Å². The molecule has 0 saturated carbocycles. The molecule has 0 aliphatic rings. The quantitative estimate of drug-likeness (QED) is 0.117. The van der Waals surface area contributed by atoms with Crippen LogP contribution in [-0.2, 0) is 0 Å². The normalized spacial score (nSPS) is 11.6. The van der Waals surface area contributed by atoms with Crippen LogP contribution in [-0.4, -0.2) is 0 Å². The lowest BCUT2D eigenvalue weighted by molar-refractivity contribution is 1.31. The van der Waals surface area contributed by atoms with E-state index in [9.17, 15) is 0 Å². The number of benzene rings is 13. The van der Waals surface area contributed by atoms with Crippen molar-refractivity contribution in [2.24, 2.45) is 0 Å². The topological polar surface area (TPSA) is 6.48 Å². The second kappa shape index (κ2) is 15.5. The summed E-state index contributed by atoms with van der Waals surface area (Å²) in [5.74, 6) is 0. The maximum Gasteiger partial charge on any atom is 0.0620 e. The summed E-state index contributed by atoms with van der Waals surface area (Å²) in [5, 5.41) is 16.7. The predicted molar refractivity (Wildman–Crippen MR) is 284 cm³/mol. The first kappa shape index (κ1) is 37.8. The van der Waals surface area contributed by atoms with E-state index < -0.39 is 0 Å². The Kier molecular flexibility index (Phi) is 8.89. The lowest BCUT2D eigenvalue weighted by atomic mass is 9.92. The minimum absolute atomic E-state index is 1.10. The van der Waals surface area contributed by atoms with Gasteiger partial charge in [-0.15, -0.1) is 0 Å². The third kappa shape index (κ3) is 6.42. The summed E-state index contributed by atoms with van der Waals surface area (Å²) in [6, 6.07) is 93.9. The van der Waals surface area contributed by atoms with Crippen LogP contribution in [0.1, 0.15) is 0 Å². The second-order valence-corrected chi connectivity index (χ2v) is 17.4. The molecule has 0 radical (unpaired) electrons. The van der Waals surface area contributed by atoms with Crippen molar-refractivity contribution in [1.82, 2.24) is 0 Å². The van der Waals surface area contributed by atoms with Crippen molar-refractivity contribution >= 4 is 110 Å². The second-order valence-electron chi connectivity index (χ2n) is 17.4. The van der Waals surface area contributed by atoms with Gasteiger partial charge in [0.2, 0.25) is 0 Å². The van der Waals surface area contributed by atoms with Crippen LogP contribution in [0.5, 0.6) is 0 Å². The van der Waals surface area contributed by atoms with Gasteiger partial charge in [-0.25, -0.2) is 0 Å². The van der Waals surface area contributed by atoms with Gasteiger partial charge in [-0.2, -0.15) is 0 Å². The Labute approximate surface area is 383 Å². The zero-order valence-corrected chi connectivity index (χ0v) is 36.1. The highest BCUT2D eigenvalue weighted by molar-refractivity contribution is 6.24. The Morgan fingerprint density at radius 1 is 0.182 bits per heavy atom. The van der Waals surface area contributed by atoms with Gasteiger partial charge in [0.05, 0.1) is 11.4 Å². The van der Waals surface area contributed by atoms with Crippen molar-refractivity contribution in [3.63, 3.8) is 0 Å². The lowest BCUT2D eigenvalue weighted by Crippen LogP contribution is -2.15. The van der Waals surface area contributed by atoms with Crippen LogP contribution in [0.25, 0.3) is 86.5 Å². The largest absolute Gasteiger partial charge is 0.309 e. The molecule has 308 valence electrons. The highest BCUT2D eigenvalue weighted by atomic mass is 15.2.